The molecule has 1 aliphatic heterocycles. The first-order valence-corrected chi connectivity index (χ1v) is 8.00. The van der Waals surface area contributed by atoms with Crippen LogP contribution in [0.2, 0.25) is 5.02 Å². The van der Waals surface area contributed by atoms with Crippen LogP contribution in [0.5, 0.6) is 0 Å². The van der Waals surface area contributed by atoms with E-state index >= 15 is 0 Å². The third-order valence-electron chi connectivity index (χ3n) is 4.23. The van der Waals surface area contributed by atoms with E-state index in [1.54, 1.807) is 37.9 Å². The minimum Gasteiger partial charge on any atom is -0.445 e. The van der Waals surface area contributed by atoms with Gasteiger partial charge in [-0.15, -0.1) is 0 Å². The number of amides is 2. The summed E-state index contributed by atoms with van der Waals surface area (Å²) >= 11 is 5.93. The molecule has 0 spiro atoms. The zero-order chi connectivity index (χ0) is 17.4. The molecular formula is C17H18ClN3O3. The van der Waals surface area contributed by atoms with E-state index in [-0.39, 0.29) is 36.0 Å². The van der Waals surface area contributed by atoms with Crippen LogP contribution < -0.4 is 5.32 Å². The second kappa shape index (κ2) is 6.28. The second-order valence-corrected chi connectivity index (χ2v) is 6.36. The monoisotopic (exact) mass is 347 g/mol. The highest BCUT2D eigenvalue weighted by molar-refractivity contribution is 6.30. The Hall–Kier alpha value is -2.34. The lowest BCUT2D eigenvalue weighted by atomic mass is 10.00. The molecule has 1 aromatic carbocycles. The summed E-state index contributed by atoms with van der Waals surface area (Å²) in [6.45, 7) is 3.38. The van der Waals surface area contributed by atoms with Crippen LogP contribution in [-0.2, 0) is 4.79 Å². The molecule has 0 bridgehead atoms. The lowest BCUT2D eigenvalue weighted by Crippen LogP contribution is -2.39. The normalized spacial score (nSPS) is 20.5. The highest BCUT2D eigenvalue weighted by Gasteiger charge is 2.39. The van der Waals surface area contributed by atoms with E-state index in [0.29, 0.717) is 16.7 Å². The molecule has 1 saturated heterocycles. The summed E-state index contributed by atoms with van der Waals surface area (Å²) in [5, 5.41) is 3.54. The molecule has 2 amide bonds. The van der Waals surface area contributed by atoms with Crippen LogP contribution >= 0.6 is 11.6 Å². The van der Waals surface area contributed by atoms with Gasteiger partial charge >= 0.3 is 0 Å². The molecule has 1 N–H and O–H groups in total. The number of aromatic nitrogens is 1. The van der Waals surface area contributed by atoms with Crippen LogP contribution in [0.15, 0.2) is 28.7 Å². The molecule has 0 aliphatic carbocycles. The summed E-state index contributed by atoms with van der Waals surface area (Å²) in [5.41, 5.74) is 1.18. The van der Waals surface area contributed by atoms with Gasteiger partial charge in [0.25, 0.3) is 5.91 Å². The molecule has 6 nitrogen and oxygen atoms in total. The first kappa shape index (κ1) is 16.5. The molecule has 7 heteroatoms. The third-order valence-corrected chi connectivity index (χ3v) is 4.48. The van der Waals surface area contributed by atoms with Gasteiger partial charge in [-0.25, -0.2) is 4.98 Å². The number of hydrogen-bond donors (Lipinski definition) is 1. The molecule has 3 rings (SSSR count). The smallest absolute Gasteiger partial charge is 0.273 e. The van der Waals surface area contributed by atoms with Crippen LogP contribution in [0.1, 0.15) is 40.2 Å². The first-order valence-electron chi connectivity index (χ1n) is 7.63. The number of benzene rings is 1. The van der Waals surface area contributed by atoms with Crippen LogP contribution in [0.3, 0.4) is 0 Å². The molecule has 2 aromatic rings. The van der Waals surface area contributed by atoms with E-state index in [2.05, 4.69) is 10.3 Å². The van der Waals surface area contributed by atoms with Crippen LogP contribution in [0.4, 0.5) is 0 Å². The summed E-state index contributed by atoms with van der Waals surface area (Å²) in [6.07, 6.45) is 0.241. The number of oxazole rings is 1. The minimum absolute atomic E-state index is 0.0201. The molecule has 1 fully saturated rings. The molecule has 1 aliphatic rings. The van der Waals surface area contributed by atoms with Gasteiger partial charge in [0.05, 0.1) is 12.1 Å². The summed E-state index contributed by atoms with van der Waals surface area (Å²) in [7, 11) is 1.74. The van der Waals surface area contributed by atoms with Crippen molar-refractivity contribution >= 4 is 23.4 Å². The maximum atomic E-state index is 12.5. The quantitative estimate of drug-likeness (QED) is 0.926. The largest absolute Gasteiger partial charge is 0.445 e. The topological polar surface area (TPSA) is 75.4 Å². The number of halogens is 1. The number of likely N-dealkylation sites (tertiary alicyclic amines) is 1. The van der Waals surface area contributed by atoms with Crippen molar-refractivity contribution in [2.24, 2.45) is 0 Å². The lowest BCUT2D eigenvalue weighted by molar-refractivity contribution is -0.127. The molecule has 0 radical (unpaired) electrons. The van der Waals surface area contributed by atoms with E-state index in [0.717, 1.165) is 5.56 Å². The van der Waals surface area contributed by atoms with Crippen LogP contribution in [-0.4, -0.2) is 34.8 Å². The Balaban J connectivity index is 1.85. The maximum absolute atomic E-state index is 12.5. The molecule has 0 unspecified atom stereocenters. The van der Waals surface area contributed by atoms with E-state index in [1.807, 2.05) is 12.1 Å². The summed E-state index contributed by atoms with van der Waals surface area (Å²) in [5.74, 6) is 0.543. The Morgan fingerprint density at radius 2 is 2.00 bits per heavy atom. The van der Waals surface area contributed by atoms with E-state index in [9.17, 15) is 9.59 Å². The van der Waals surface area contributed by atoms with Gasteiger partial charge in [0, 0.05) is 25.4 Å². The van der Waals surface area contributed by atoms with Gasteiger partial charge < -0.3 is 14.6 Å². The van der Waals surface area contributed by atoms with Crippen LogP contribution in [0, 0.1) is 13.8 Å². The average Bonchev–Trinajstić information content (AvgIpc) is 3.00. The van der Waals surface area contributed by atoms with Gasteiger partial charge in [-0.1, -0.05) is 23.7 Å². The van der Waals surface area contributed by atoms with Crippen molar-refractivity contribution < 1.29 is 14.0 Å². The van der Waals surface area contributed by atoms with E-state index in [4.69, 9.17) is 16.0 Å². The predicted molar refractivity (Wildman–Crippen MR) is 88.8 cm³/mol. The average molecular weight is 348 g/mol. The Morgan fingerprint density at radius 3 is 2.58 bits per heavy atom. The van der Waals surface area contributed by atoms with E-state index in [1.165, 1.54) is 0 Å². The number of aryl methyl sites for hydroxylation is 2. The second-order valence-electron chi connectivity index (χ2n) is 5.92. The van der Waals surface area contributed by atoms with Crippen molar-refractivity contribution in [1.82, 2.24) is 15.2 Å². The minimum atomic E-state index is -0.340. The molecular weight excluding hydrogens is 330 g/mol. The van der Waals surface area contributed by atoms with Gasteiger partial charge in [0.15, 0.2) is 11.6 Å². The number of likely N-dealkylation sites (N-methyl/N-ethyl adjacent to an activating group) is 1. The van der Waals surface area contributed by atoms with Crippen molar-refractivity contribution in [3.63, 3.8) is 0 Å². The molecule has 2 heterocycles. The Morgan fingerprint density at radius 1 is 1.33 bits per heavy atom. The number of rotatable bonds is 3. The fraction of sp³-hybridized carbons (Fsp3) is 0.353. The van der Waals surface area contributed by atoms with Gasteiger partial charge in [0.2, 0.25) is 5.91 Å². The Labute approximate surface area is 144 Å². The van der Waals surface area contributed by atoms with Crippen molar-refractivity contribution in [1.29, 1.82) is 0 Å². The fourth-order valence-electron chi connectivity index (χ4n) is 3.09. The molecule has 0 saturated carbocycles. The van der Waals surface area contributed by atoms with Gasteiger partial charge in [-0.2, -0.15) is 0 Å². The van der Waals surface area contributed by atoms with Crippen molar-refractivity contribution in [3.05, 3.63) is 52.2 Å². The van der Waals surface area contributed by atoms with Gasteiger partial charge in [0.1, 0.15) is 5.76 Å². The first-order chi connectivity index (χ1) is 11.4. The lowest BCUT2D eigenvalue weighted by Gasteiger charge is -2.26. The molecule has 1 aromatic heterocycles. The number of nitrogens with one attached hydrogen (secondary N) is 1. The van der Waals surface area contributed by atoms with Gasteiger partial charge in [-0.3, -0.25) is 9.59 Å². The zero-order valence-electron chi connectivity index (χ0n) is 13.7. The molecule has 126 valence electrons. The van der Waals surface area contributed by atoms with Gasteiger partial charge in [-0.05, 0) is 24.6 Å². The molecule has 2 atom stereocenters. The van der Waals surface area contributed by atoms with E-state index < -0.39 is 0 Å². The predicted octanol–water partition coefficient (Wildman–Crippen LogP) is 2.65. The van der Waals surface area contributed by atoms with Crippen molar-refractivity contribution in [2.75, 3.05) is 7.05 Å². The Bertz CT molecular complexity index is 785. The maximum Gasteiger partial charge on any atom is 0.273 e. The Kier molecular flexibility index (Phi) is 4.32. The highest BCUT2D eigenvalue weighted by Crippen LogP contribution is 2.32. The number of nitrogens with zero attached hydrogens (tertiary/aromatic N) is 2. The van der Waals surface area contributed by atoms with Crippen LogP contribution in [0.25, 0.3) is 0 Å². The number of carbonyl (C=O) groups excluding carboxylic acids is 2. The zero-order valence-corrected chi connectivity index (χ0v) is 14.4. The fourth-order valence-corrected chi connectivity index (χ4v) is 3.22. The number of carbonyl (C=O) groups is 2. The molecule has 24 heavy (non-hydrogen) atoms. The standard InChI is InChI=1S/C17H18ClN3O3/c1-9-15(19-10(2)24-9)17(23)20-13-8-14(22)21(3)16(13)11-4-6-12(18)7-5-11/h4-7,13,16H,8H2,1-3H3,(H,20,23)/t13-,16-/m0/s1. The summed E-state index contributed by atoms with van der Waals surface area (Å²) in [6, 6.07) is 6.70. The van der Waals surface area contributed by atoms with Crippen molar-refractivity contribution in [2.45, 2.75) is 32.4 Å². The third kappa shape index (κ3) is 3.01. The number of hydrogen-bond acceptors (Lipinski definition) is 4. The summed E-state index contributed by atoms with van der Waals surface area (Å²) in [4.78, 5) is 30.4. The highest BCUT2D eigenvalue weighted by atomic mass is 35.5. The SMILES string of the molecule is Cc1nc(C(=O)N[C@H]2CC(=O)N(C)[C@H]2c2ccc(Cl)cc2)c(C)o1. The summed E-state index contributed by atoms with van der Waals surface area (Å²) < 4.78 is 5.30. The van der Waals surface area contributed by atoms with Crippen molar-refractivity contribution in [3.8, 4) is 0 Å².